The molecule has 0 N–H and O–H groups in total. The van der Waals surface area contributed by atoms with E-state index in [1.807, 2.05) is 0 Å². The first-order chi connectivity index (χ1) is 9.81. The fraction of sp³-hybridized carbons (Fsp3) is 0.905. The summed E-state index contributed by atoms with van der Waals surface area (Å²) in [4.78, 5) is 0. The van der Waals surface area contributed by atoms with Crippen molar-refractivity contribution >= 4 is 0 Å². The molecule has 21 heavy (non-hydrogen) atoms. The molecule has 2 aliphatic carbocycles. The van der Waals surface area contributed by atoms with Crippen molar-refractivity contribution in [3.63, 3.8) is 0 Å². The molecule has 0 saturated heterocycles. The molecule has 4 atom stereocenters. The maximum Gasteiger partial charge on any atom is -0.0261 e. The van der Waals surface area contributed by atoms with E-state index in [0.29, 0.717) is 10.8 Å². The minimum Gasteiger partial charge on any atom is -0.0859 e. The summed E-state index contributed by atoms with van der Waals surface area (Å²) in [6, 6.07) is 0. The fourth-order valence-corrected chi connectivity index (χ4v) is 6.06. The summed E-state index contributed by atoms with van der Waals surface area (Å²) in [6.45, 7) is 14.9. The van der Waals surface area contributed by atoms with Crippen molar-refractivity contribution in [2.24, 2.45) is 28.6 Å². The van der Waals surface area contributed by atoms with E-state index in [2.05, 4.69) is 47.6 Å². The molecule has 0 aromatic heterocycles. The number of fused-ring (bicyclic) bond motifs is 1. The summed E-state index contributed by atoms with van der Waals surface area (Å²) in [5.41, 5.74) is 2.79. The van der Waals surface area contributed by atoms with Gasteiger partial charge in [0.1, 0.15) is 0 Å². The van der Waals surface area contributed by atoms with Gasteiger partial charge in [-0.3, -0.25) is 0 Å². The molecule has 2 aliphatic rings. The third-order valence-corrected chi connectivity index (χ3v) is 7.12. The molecule has 0 radical (unpaired) electrons. The van der Waals surface area contributed by atoms with Crippen LogP contribution < -0.4 is 0 Å². The summed E-state index contributed by atoms with van der Waals surface area (Å²) in [5.74, 6) is 2.82. The van der Waals surface area contributed by atoms with E-state index in [9.17, 15) is 0 Å². The van der Waals surface area contributed by atoms with E-state index in [-0.39, 0.29) is 0 Å². The molecule has 2 fully saturated rings. The quantitative estimate of drug-likeness (QED) is 0.489. The van der Waals surface area contributed by atoms with Gasteiger partial charge in [0, 0.05) is 0 Å². The second kappa shape index (κ2) is 6.47. The van der Waals surface area contributed by atoms with Crippen LogP contribution in [0.15, 0.2) is 11.6 Å². The van der Waals surface area contributed by atoms with Crippen LogP contribution in [0.5, 0.6) is 0 Å². The van der Waals surface area contributed by atoms with Gasteiger partial charge in [-0.1, -0.05) is 59.1 Å². The lowest BCUT2D eigenvalue weighted by Crippen LogP contribution is -2.51. The molecule has 1 unspecified atom stereocenters. The summed E-state index contributed by atoms with van der Waals surface area (Å²) in [6.07, 6.45) is 13.7. The minimum atomic E-state index is 0.569. The molecule has 0 bridgehead atoms. The minimum absolute atomic E-state index is 0.569. The Kier molecular flexibility index (Phi) is 5.27. The molecule has 0 spiro atoms. The highest BCUT2D eigenvalue weighted by Crippen LogP contribution is 2.62. The van der Waals surface area contributed by atoms with Gasteiger partial charge in [0.15, 0.2) is 0 Å². The van der Waals surface area contributed by atoms with Gasteiger partial charge in [-0.15, -0.1) is 0 Å². The Morgan fingerprint density at radius 3 is 2.52 bits per heavy atom. The monoisotopic (exact) mass is 290 g/mol. The first kappa shape index (κ1) is 17.1. The lowest BCUT2D eigenvalue weighted by molar-refractivity contribution is -0.0957. The number of rotatable bonds is 4. The Hall–Kier alpha value is -0.260. The zero-order valence-electron chi connectivity index (χ0n) is 15.5. The van der Waals surface area contributed by atoms with Crippen LogP contribution in [0.25, 0.3) is 0 Å². The zero-order chi connectivity index (χ0) is 15.7. The Morgan fingerprint density at radius 2 is 1.86 bits per heavy atom. The van der Waals surface area contributed by atoms with Gasteiger partial charge in [0.05, 0.1) is 0 Å². The van der Waals surface area contributed by atoms with Gasteiger partial charge >= 0.3 is 0 Å². The van der Waals surface area contributed by atoms with Crippen LogP contribution in [0.1, 0.15) is 92.9 Å². The Balaban J connectivity index is 2.15. The van der Waals surface area contributed by atoms with Crippen LogP contribution in [0.2, 0.25) is 0 Å². The highest BCUT2D eigenvalue weighted by Gasteiger charge is 2.53. The molecule has 0 heterocycles. The van der Waals surface area contributed by atoms with Crippen molar-refractivity contribution in [2.45, 2.75) is 92.9 Å². The molecule has 0 aliphatic heterocycles. The van der Waals surface area contributed by atoms with Gasteiger partial charge in [-0.2, -0.15) is 0 Å². The molecule has 0 aromatic rings. The lowest BCUT2D eigenvalue weighted by atomic mass is 9.46. The fourth-order valence-electron chi connectivity index (χ4n) is 6.06. The molecule has 122 valence electrons. The van der Waals surface area contributed by atoms with Crippen molar-refractivity contribution < 1.29 is 0 Å². The van der Waals surface area contributed by atoms with E-state index in [0.717, 1.165) is 17.8 Å². The van der Waals surface area contributed by atoms with Crippen LogP contribution in [0.4, 0.5) is 0 Å². The Morgan fingerprint density at radius 1 is 1.14 bits per heavy atom. The summed E-state index contributed by atoms with van der Waals surface area (Å²) >= 11 is 0. The molecule has 0 aromatic carbocycles. The first-order valence-corrected chi connectivity index (χ1v) is 9.47. The largest absolute Gasteiger partial charge is 0.0859 e. The second-order valence-electron chi connectivity index (χ2n) is 9.06. The Labute approximate surface area is 133 Å². The molecule has 2 rings (SSSR count). The number of hydrogen-bond donors (Lipinski definition) is 0. The average molecular weight is 291 g/mol. The summed E-state index contributed by atoms with van der Waals surface area (Å²) in [5, 5.41) is 0. The van der Waals surface area contributed by atoms with Crippen molar-refractivity contribution in [2.75, 3.05) is 0 Å². The standard InChI is InChI=1S/C21H38/c1-7-9-16(2)10-12-18-17(3)11-13-19-20(4,5)14-8-15-21(18,19)6/h9,17-19H,7-8,10-15H2,1-6H3/b16-9+/t17-,18-,19-,21?/m0/s1. The third-order valence-electron chi connectivity index (χ3n) is 7.12. The SMILES string of the molecule is CC/C=C(\C)CC[C@H]1[C@@H](C)CC[C@H]2C(C)(C)CCCC12C. The van der Waals surface area contributed by atoms with E-state index in [1.54, 1.807) is 5.57 Å². The van der Waals surface area contributed by atoms with E-state index < -0.39 is 0 Å². The predicted molar refractivity (Wildman–Crippen MR) is 94.4 cm³/mol. The van der Waals surface area contributed by atoms with Crippen molar-refractivity contribution in [1.82, 2.24) is 0 Å². The van der Waals surface area contributed by atoms with Crippen molar-refractivity contribution in [3.05, 3.63) is 11.6 Å². The van der Waals surface area contributed by atoms with Gasteiger partial charge in [0.2, 0.25) is 0 Å². The van der Waals surface area contributed by atoms with E-state index in [1.165, 1.54) is 51.4 Å². The van der Waals surface area contributed by atoms with Crippen LogP contribution in [0, 0.1) is 28.6 Å². The molecular formula is C21H38. The summed E-state index contributed by atoms with van der Waals surface area (Å²) < 4.78 is 0. The number of hydrogen-bond acceptors (Lipinski definition) is 0. The predicted octanol–water partition coefficient (Wildman–Crippen LogP) is 7.00. The molecule has 2 saturated carbocycles. The lowest BCUT2D eigenvalue weighted by Gasteiger charge is -2.59. The maximum atomic E-state index is 2.65. The normalized spacial score (nSPS) is 39.9. The van der Waals surface area contributed by atoms with Gasteiger partial charge < -0.3 is 0 Å². The number of allylic oxidation sites excluding steroid dienone is 2. The van der Waals surface area contributed by atoms with Crippen molar-refractivity contribution in [1.29, 1.82) is 0 Å². The third kappa shape index (κ3) is 3.40. The molecule has 0 nitrogen and oxygen atoms in total. The smallest absolute Gasteiger partial charge is 0.0261 e. The van der Waals surface area contributed by atoms with Gasteiger partial charge in [-0.05, 0) is 74.0 Å². The summed E-state index contributed by atoms with van der Waals surface area (Å²) in [7, 11) is 0. The topological polar surface area (TPSA) is 0 Å². The van der Waals surface area contributed by atoms with Crippen LogP contribution >= 0.6 is 0 Å². The molecule has 0 heteroatoms. The van der Waals surface area contributed by atoms with Crippen LogP contribution in [0.3, 0.4) is 0 Å². The van der Waals surface area contributed by atoms with Gasteiger partial charge in [-0.25, -0.2) is 0 Å². The second-order valence-corrected chi connectivity index (χ2v) is 9.06. The van der Waals surface area contributed by atoms with Crippen LogP contribution in [-0.2, 0) is 0 Å². The van der Waals surface area contributed by atoms with E-state index >= 15 is 0 Å². The highest BCUT2D eigenvalue weighted by molar-refractivity contribution is 5.05. The van der Waals surface area contributed by atoms with Crippen LogP contribution in [-0.4, -0.2) is 0 Å². The first-order valence-electron chi connectivity index (χ1n) is 9.47. The maximum absolute atomic E-state index is 2.65. The van der Waals surface area contributed by atoms with Gasteiger partial charge in [0.25, 0.3) is 0 Å². The van der Waals surface area contributed by atoms with Crippen molar-refractivity contribution in [3.8, 4) is 0 Å². The average Bonchev–Trinajstić information content (AvgIpc) is 2.37. The zero-order valence-corrected chi connectivity index (χ0v) is 15.5. The highest BCUT2D eigenvalue weighted by atomic mass is 14.6. The molecule has 0 amide bonds. The Bertz CT molecular complexity index is 375. The molecular weight excluding hydrogens is 252 g/mol. The van der Waals surface area contributed by atoms with E-state index in [4.69, 9.17) is 0 Å².